The summed E-state index contributed by atoms with van der Waals surface area (Å²) in [7, 11) is 0. The number of alkyl halides is 3. The highest BCUT2D eigenvalue weighted by Crippen LogP contribution is 2.26. The summed E-state index contributed by atoms with van der Waals surface area (Å²) in [5, 5.41) is 8.57. The number of aromatic carboxylic acids is 1. The molecule has 0 amide bonds. The number of ether oxygens (including phenoxy) is 1. The predicted molar refractivity (Wildman–Crippen MR) is 56.2 cm³/mol. The molecule has 0 aliphatic carbocycles. The number of carboxylic acid groups (broad SMARTS) is 1. The molecule has 0 aromatic heterocycles. The zero-order valence-electron chi connectivity index (χ0n) is 9.63. The molecule has 3 nitrogen and oxygen atoms in total. The summed E-state index contributed by atoms with van der Waals surface area (Å²) in [6.45, 7) is 5.34. The number of carbonyl (C=O) groups is 1. The van der Waals surface area contributed by atoms with Gasteiger partial charge in [0.1, 0.15) is 5.75 Å². The first-order valence-electron chi connectivity index (χ1n) is 4.89. The minimum atomic E-state index is -4.77. The molecule has 0 aliphatic rings. The fourth-order valence-electron chi connectivity index (χ4n) is 1.02. The molecule has 0 atom stereocenters. The van der Waals surface area contributed by atoms with Crippen LogP contribution in [0.4, 0.5) is 13.2 Å². The highest BCUT2D eigenvalue weighted by Gasteiger charge is 2.31. The molecule has 0 unspecified atom stereocenters. The van der Waals surface area contributed by atoms with Crippen LogP contribution in [0.2, 0.25) is 0 Å². The Hall–Kier alpha value is -1.72. The highest BCUT2D eigenvalue weighted by molar-refractivity contribution is 5.88. The second-order valence-corrected chi connectivity index (χ2v) is 2.83. The smallest absolute Gasteiger partial charge is 0.478 e. The van der Waals surface area contributed by atoms with Gasteiger partial charge in [-0.15, -0.1) is 13.2 Å². The lowest BCUT2D eigenvalue weighted by atomic mass is 10.1. The highest BCUT2D eigenvalue weighted by atomic mass is 19.4. The van der Waals surface area contributed by atoms with Gasteiger partial charge in [0.2, 0.25) is 0 Å². The third-order valence-electron chi connectivity index (χ3n) is 1.65. The van der Waals surface area contributed by atoms with Crippen molar-refractivity contribution >= 4 is 5.97 Å². The molecule has 6 heteroatoms. The molecule has 0 fully saturated rings. The fraction of sp³-hybridized carbons (Fsp3) is 0.364. The monoisotopic (exact) mass is 250 g/mol. The number of halogens is 3. The van der Waals surface area contributed by atoms with Gasteiger partial charge in [-0.05, 0) is 30.7 Å². The van der Waals surface area contributed by atoms with E-state index in [1.54, 1.807) is 0 Å². The molecule has 1 aromatic rings. The van der Waals surface area contributed by atoms with Crippen molar-refractivity contribution < 1.29 is 27.8 Å². The molecule has 0 aliphatic heterocycles. The molecule has 1 N–H and O–H groups in total. The van der Waals surface area contributed by atoms with Crippen LogP contribution in [0, 0.1) is 6.92 Å². The van der Waals surface area contributed by atoms with Crippen LogP contribution in [0.1, 0.15) is 29.8 Å². The van der Waals surface area contributed by atoms with E-state index in [0.29, 0.717) is 0 Å². The van der Waals surface area contributed by atoms with Crippen LogP contribution in [-0.2, 0) is 0 Å². The Morgan fingerprint density at radius 1 is 1.29 bits per heavy atom. The number of hydrogen-bond donors (Lipinski definition) is 1. The maximum Gasteiger partial charge on any atom is 0.573 e. The molecule has 0 spiro atoms. The van der Waals surface area contributed by atoms with E-state index in [0.717, 1.165) is 18.2 Å². The molecule has 96 valence electrons. The molecule has 17 heavy (non-hydrogen) atoms. The van der Waals surface area contributed by atoms with Crippen molar-refractivity contribution in [3.63, 3.8) is 0 Å². The Labute approximate surface area is 96.8 Å². The number of hydrogen-bond acceptors (Lipinski definition) is 2. The van der Waals surface area contributed by atoms with Gasteiger partial charge in [-0.25, -0.2) is 4.79 Å². The first-order chi connectivity index (χ1) is 7.79. The molecule has 0 saturated heterocycles. The topological polar surface area (TPSA) is 46.5 Å². The van der Waals surface area contributed by atoms with E-state index in [2.05, 4.69) is 4.74 Å². The van der Waals surface area contributed by atoms with E-state index in [1.165, 1.54) is 6.92 Å². The molecule has 1 rings (SSSR count). The van der Waals surface area contributed by atoms with Crippen molar-refractivity contribution in [2.75, 3.05) is 0 Å². The van der Waals surface area contributed by atoms with Crippen molar-refractivity contribution in [2.45, 2.75) is 27.1 Å². The minimum Gasteiger partial charge on any atom is -0.478 e. The summed E-state index contributed by atoms with van der Waals surface area (Å²) >= 11 is 0. The van der Waals surface area contributed by atoms with Crippen molar-refractivity contribution in [3.8, 4) is 5.75 Å². The summed E-state index contributed by atoms with van der Waals surface area (Å²) in [6, 6.07) is 3.14. The largest absolute Gasteiger partial charge is 0.573 e. The molecule has 0 heterocycles. The van der Waals surface area contributed by atoms with Crippen molar-refractivity contribution in [3.05, 3.63) is 29.3 Å². The van der Waals surface area contributed by atoms with E-state index in [-0.39, 0.29) is 11.1 Å². The average molecular weight is 250 g/mol. The van der Waals surface area contributed by atoms with Gasteiger partial charge in [-0.1, -0.05) is 13.8 Å². The summed E-state index contributed by atoms with van der Waals surface area (Å²) in [4.78, 5) is 10.5. The molecule has 0 bridgehead atoms. The first kappa shape index (κ1) is 15.3. The SMILES string of the molecule is CC.Cc1cc(C(=O)O)ccc1OC(F)(F)F. The lowest BCUT2D eigenvalue weighted by Gasteiger charge is -2.11. The first-order valence-corrected chi connectivity index (χ1v) is 4.89. The summed E-state index contributed by atoms with van der Waals surface area (Å²) < 4.78 is 39.2. The third kappa shape index (κ3) is 5.24. The minimum absolute atomic E-state index is 0.0815. The molecule has 0 radical (unpaired) electrons. The van der Waals surface area contributed by atoms with Gasteiger partial charge in [0, 0.05) is 0 Å². The van der Waals surface area contributed by atoms with E-state index in [4.69, 9.17) is 5.11 Å². The zero-order valence-corrected chi connectivity index (χ0v) is 9.63. The average Bonchev–Trinajstić information content (AvgIpc) is 2.22. The van der Waals surface area contributed by atoms with Crippen LogP contribution in [0.5, 0.6) is 5.75 Å². The van der Waals surface area contributed by atoms with Gasteiger partial charge in [-0.3, -0.25) is 0 Å². The molecule has 0 saturated carbocycles. The third-order valence-corrected chi connectivity index (χ3v) is 1.65. The van der Waals surface area contributed by atoms with Crippen LogP contribution in [0.15, 0.2) is 18.2 Å². The normalized spacial score (nSPS) is 10.2. The van der Waals surface area contributed by atoms with Crippen LogP contribution in [-0.4, -0.2) is 17.4 Å². The molecular formula is C11H13F3O3. The van der Waals surface area contributed by atoms with Gasteiger partial charge in [0.15, 0.2) is 0 Å². The Morgan fingerprint density at radius 3 is 2.18 bits per heavy atom. The summed E-state index contributed by atoms with van der Waals surface area (Å²) in [6.07, 6.45) is -4.77. The van der Waals surface area contributed by atoms with Gasteiger partial charge in [0.25, 0.3) is 0 Å². The van der Waals surface area contributed by atoms with Crippen LogP contribution < -0.4 is 4.74 Å². The van der Waals surface area contributed by atoms with Crippen molar-refractivity contribution in [2.24, 2.45) is 0 Å². The number of benzene rings is 1. The van der Waals surface area contributed by atoms with Gasteiger partial charge >= 0.3 is 12.3 Å². The Bertz CT molecular complexity index is 386. The van der Waals surface area contributed by atoms with E-state index in [9.17, 15) is 18.0 Å². The van der Waals surface area contributed by atoms with Crippen LogP contribution in [0.3, 0.4) is 0 Å². The number of carboxylic acids is 1. The van der Waals surface area contributed by atoms with Gasteiger partial charge in [-0.2, -0.15) is 0 Å². The molecule has 1 aromatic carbocycles. The lowest BCUT2D eigenvalue weighted by Crippen LogP contribution is -2.17. The van der Waals surface area contributed by atoms with Gasteiger partial charge in [0.05, 0.1) is 5.56 Å². The quantitative estimate of drug-likeness (QED) is 0.871. The standard InChI is InChI=1S/C9H7F3O3.C2H6/c1-5-4-6(8(13)14)2-3-7(5)15-9(10,11)12;1-2/h2-4H,1H3,(H,13,14);1-2H3. The fourth-order valence-corrected chi connectivity index (χ4v) is 1.02. The maximum absolute atomic E-state index is 11.8. The lowest BCUT2D eigenvalue weighted by molar-refractivity contribution is -0.274. The van der Waals surface area contributed by atoms with Crippen LogP contribution in [0.25, 0.3) is 0 Å². The Morgan fingerprint density at radius 2 is 1.82 bits per heavy atom. The van der Waals surface area contributed by atoms with Crippen LogP contribution >= 0.6 is 0 Å². The van der Waals surface area contributed by atoms with E-state index < -0.39 is 18.1 Å². The maximum atomic E-state index is 11.8. The summed E-state index contributed by atoms with van der Waals surface area (Å²) in [5.41, 5.74) is 0.0363. The second kappa shape index (κ2) is 6.12. The van der Waals surface area contributed by atoms with E-state index >= 15 is 0 Å². The van der Waals surface area contributed by atoms with Crippen molar-refractivity contribution in [1.82, 2.24) is 0 Å². The zero-order chi connectivity index (χ0) is 13.6. The molecular weight excluding hydrogens is 237 g/mol. The van der Waals surface area contributed by atoms with Crippen molar-refractivity contribution in [1.29, 1.82) is 0 Å². The van der Waals surface area contributed by atoms with E-state index in [1.807, 2.05) is 13.8 Å². The number of aryl methyl sites for hydroxylation is 1. The predicted octanol–water partition coefficient (Wildman–Crippen LogP) is 3.62. The summed E-state index contributed by atoms with van der Waals surface area (Å²) in [5.74, 6) is -1.59. The number of rotatable bonds is 2. The Balaban J connectivity index is 0.00000121. The second-order valence-electron chi connectivity index (χ2n) is 2.83. The Kier molecular flexibility index (Phi) is 5.50. The van der Waals surface area contributed by atoms with Gasteiger partial charge < -0.3 is 9.84 Å².